The lowest BCUT2D eigenvalue weighted by molar-refractivity contribution is 0.282. The number of benzene rings is 2. The number of nitrogens with two attached hydrogens (primary N) is 1. The van der Waals surface area contributed by atoms with Crippen molar-refractivity contribution in [2.75, 3.05) is 0 Å². The van der Waals surface area contributed by atoms with Crippen molar-refractivity contribution in [3.63, 3.8) is 0 Å². The van der Waals surface area contributed by atoms with Crippen LogP contribution >= 0.6 is 0 Å². The molecule has 0 aromatic heterocycles. The number of hydrogen-bond acceptors (Lipinski definition) is 2. The SMILES string of the molecule is CCCCCCCCCc1ccc(CN)cc1.CCCCCCCCCc1ccc(CO)cc1. The highest BCUT2D eigenvalue weighted by Gasteiger charge is 1.96. The van der Waals surface area contributed by atoms with Gasteiger partial charge in [0.05, 0.1) is 6.61 Å². The van der Waals surface area contributed by atoms with Gasteiger partial charge >= 0.3 is 0 Å². The lowest BCUT2D eigenvalue weighted by atomic mass is 10.0. The summed E-state index contributed by atoms with van der Waals surface area (Å²) in [5, 5.41) is 8.95. The van der Waals surface area contributed by atoms with Crippen LogP contribution in [-0.4, -0.2) is 5.11 Å². The fraction of sp³-hybridized carbons (Fsp3) is 0.625. The number of unbranched alkanes of at least 4 members (excludes halogenated alkanes) is 12. The molecule has 3 N–H and O–H groups in total. The van der Waals surface area contributed by atoms with Gasteiger partial charge in [0.15, 0.2) is 0 Å². The largest absolute Gasteiger partial charge is 0.392 e. The van der Waals surface area contributed by atoms with E-state index in [0.717, 1.165) is 5.56 Å². The van der Waals surface area contributed by atoms with Crippen LogP contribution in [0.15, 0.2) is 48.5 Å². The molecule has 0 atom stereocenters. The molecule has 0 spiro atoms. The van der Waals surface area contributed by atoms with Crippen LogP contribution in [0.4, 0.5) is 0 Å². The van der Waals surface area contributed by atoms with E-state index in [1.807, 2.05) is 12.1 Å². The highest BCUT2D eigenvalue weighted by atomic mass is 16.3. The van der Waals surface area contributed by atoms with Crippen LogP contribution in [0.25, 0.3) is 0 Å². The van der Waals surface area contributed by atoms with Gasteiger partial charge in [0, 0.05) is 6.54 Å². The Labute approximate surface area is 211 Å². The number of aliphatic hydroxyl groups excluding tert-OH is 1. The summed E-state index contributed by atoms with van der Waals surface area (Å²) in [7, 11) is 0. The number of aliphatic hydroxyl groups is 1. The Balaban J connectivity index is 0.000000340. The lowest BCUT2D eigenvalue weighted by Gasteiger charge is -2.03. The molecule has 0 unspecified atom stereocenters. The van der Waals surface area contributed by atoms with E-state index in [-0.39, 0.29) is 6.61 Å². The van der Waals surface area contributed by atoms with Crippen LogP contribution < -0.4 is 5.73 Å². The first-order valence-electron chi connectivity index (χ1n) is 14.2. The zero-order chi connectivity index (χ0) is 24.7. The highest BCUT2D eigenvalue weighted by molar-refractivity contribution is 5.22. The molecule has 2 heteroatoms. The van der Waals surface area contributed by atoms with Crippen molar-refractivity contribution in [3.05, 3.63) is 70.8 Å². The Morgan fingerprint density at radius 1 is 0.471 bits per heavy atom. The lowest BCUT2D eigenvalue weighted by Crippen LogP contribution is -1.96. The summed E-state index contributed by atoms with van der Waals surface area (Å²) in [5.74, 6) is 0. The topological polar surface area (TPSA) is 46.2 Å². The van der Waals surface area contributed by atoms with Crippen molar-refractivity contribution >= 4 is 0 Å². The monoisotopic (exact) mass is 467 g/mol. The van der Waals surface area contributed by atoms with Gasteiger partial charge in [-0.15, -0.1) is 0 Å². The molecule has 34 heavy (non-hydrogen) atoms. The molecule has 0 saturated heterocycles. The number of aryl methyl sites for hydroxylation is 2. The molecule has 0 saturated carbocycles. The maximum atomic E-state index is 8.95. The molecule has 0 aliphatic heterocycles. The molecule has 2 nitrogen and oxygen atoms in total. The van der Waals surface area contributed by atoms with Crippen molar-refractivity contribution in [1.29, 1.82) is 0 Å². The van der Waals surface area contributed by atoms with Crippen LogP contribution in [0, 0.1) is 0 Å². The fourth-order valence-electron chi connectivity index (χ4n) is 4.23. The van der Waals surface area contributed by atoms with Crippen molar-refractivity contribution in [1.82, 2.24) is 0 Å². The van der Waals surface area contributed by atoms with E-state index in [1.54, 1.807) is 0 Å². The second-order valence-electron chi connectivity index (χ2n) is 9.74. The Morgan fingerprint density at radius 2 is 0.794 bits per heavy atom. The molecule has 2 rings (SSSR count). The van der Waals surface area contributed by atoms with E-state index >= 15 is 0 Å². The second kappa shape index (κ2) is 21.9. The van der Waals surface area contributed by atoms with Gasteiger partial charge in [0.2, 0.25) is 0 Å². The first kappa shape index (κ1) is 30.4. The minimum absolute atomic E-state index is 0.151. The number of hydrogen-bond donors (Lipinski definition) is 2. The quantitative estimate of drug-likeness (QED) is 0.215. The summed E-state index contributed by atoms with van der Waals surface area (Å²) in [5.41, 5.74) is 10.7. The summed E-state index contributed by atoms with van der Waals surface area (Å²) in [6, 6.07) is 17.1. The predicted octanol–water partition coefficient (Wildman–Crippen LogP) is 8.91. The molecule has 0 radical (unpaired) electrons. The first-order valence-corrected chi connectivity index (χ1v) is 14.2. The van der Waals surface area contributed by atoms with Crippen molar-refractivity contribution in [3.8, 4) is 0 Å². The van der Waals surface area contributed by atoms with E-state index in [0.29, 0.717) is 6.54 Å². The first-order chi connectivity index (χ1) is 16.7. The summed E-state index contributed by atoms with van der Waals surface area (Å²) in [6.45, 7) is 5.33. The Morgan fingerprint density at radius 3 is 1.15 bits per heavy atom. The molecular formula is C32H53NO. The third-order valence-corrected chi connectivity index (χ3v) is 6.60. The second-order valence-corrected chi connectivity index (χ2v) is 9.74. The Bertz CT molecular complexity index is 616. The highest BCUT2D eigenvalue weighted by Crippen LogP contribution is 2.13. The van der Waals surface area contributed by atoms with E-state index in [9.17, 15) is 0 Å². The number of rotatable bonds is 18. The van der Waals surface area contributed by atoms with Gasteiger partial charge in [0.1, 0.15) is 0 Å². The summed E-state index contributed by atoms with van der Waals surface area (Å²) in [4.78, 5) is 0. The average molecular weight is 468 g/mol. The van der Waals surface area contributed by atoms with Crippen LogP contribution in [-0.2, 0) is 26.0 Å². The van der Waals surface area contributed by atoms with Gasteiger partial charge in [0.25, 0.3) is 0 Å². The van der Waals surface area contributed by atoms with E-state index in [1.165, 1.54) is 119 Å². The van der Waals surface area contributed by atoms with Crippen LogP contribution in [0.2, 0.25) is 0 Å². The summed E-state index contributed by atoms with van der Waals surface area (Å²) in [6.07, 6.45) is 21.6. The van der Waals surface area contributed by atoms with Gasteiger partial charge in [-0.3, -0.25) is 0 Å². The van der Waals surface area contributed by atoms with Crippen LogP contribution in [0.3, 0.4) is 0 Å². The molecule has 2 aromatic carbocycles. The molecule has 0 heterocycles. The molecule has 0 bridgehead atoms. The average Bonchev–Trinajstić information content (AvgIpc) is 2.89. The fourth-order valence-corrected chi connectivity index (χ4v) is 4.23. The third-order valence-electron chi connectivity index (χ3n) is 6.60. The summed E-state index contributed by atoms with van der Waals surface area (Å²) < 4.78 is 0. The molecular weight excluding hydrogens is 414 g/mol. The Kier molecular flexibility index (Phi) is 19.5. The molecule has 192 valence electrons. The Hall–Kier alpha value is -1.64. The van der Waals surface area contributed by atoms with Gasteiger partial charge < -0.3 is 10.8 Å². The van der Waals surface area contributed by atoms with E-state index in [2.05, 4.69) is 50.2 Å². The zero-order valence-electron chi connectivity index (χ0n) is 22.4. The van der Waals surface area contributed by atoms with Crippen molar-refractivity contribution in [2.24, 2.45) is 5.73 Å². The molecule has 0 aliphatic rings. The van der Waals surface area contributed by atoms with E-state index in [4.69, 9.17) is 10.8 Å². The molecule has 2 aromatic rings. The predicted molar refractivity (Wildman–Crippen MR) is 150 cm³/mol. The van der Waals surface area contributed by atoms with Crippen LogP contribution in [0.1, 0.15) is 126 Å². The minimum Gasteiger partial charge on any atom is -0.392 e. The van der Waals surface area contributed by atoms with Crippen molar-refractivity contribution < 1.29 is 5.11 Å². The van der Waals surface area contributed by atoms with Crippen LogP contribution in [0.5, 0.6) is 0 Å². The maximum absolute atomic E-state index is 8.95. The van der Waals surface area contributed by atoms with Gasteiger partial charge in [-0.05, 0) is 47.9 Å². The normalized spacial score (nSPS) is 10.7. The van der Waals surface area contributed by atoms with E-state index < -0.39 is 0 Å². The maximum Gasteiger partial charge on any atom is 0.0681 e. The van der Waals surface area contributed by atoms with Gasteiger partial charge in [-0.1, -0.05) is 139 Å². The standard InChI is InChI=1S/C16H27N.C16H26O/c2*1-2-3-4-5-6-7-8-9-15-10-12-16(14-17)13-11-15/h10-13H,2-9,14,17H2,1H3;10-13,17H,2-9,14H2,1H3. The molecule has 0 amide bonds. The minimum atomic E-state index is 0.151. The van der Waals surface area contributed by atoms with Gasteiger partial charge in [-0.25, -0.2) is 0 Å². The molecule has 0 aliphatic carbocycles. The van der Waals surface area contributed by atoms with Crippen molar-refractivity contribution in [2.45, 2.75) is 130 Å². The smallest absolute Gasteiger partial charge is 0.0681 e. The van der Waals surface area contributed by atoms with Gasteiger partial charge in [-0.2, -0.15) is 0 Å². The third kappa shape index (κ3) is 16.1. The molecule has 0 fully saturated rings. The summed E-state index contributed by atoms with van der Waals surface area (Å²) >= 11 is 0. The zero-order valence-corrected chi connectivity index (χ0v) is 22.4.